The van der Waals surface area contributed by atoms with Gasteiger partial charge in [0.2, 0.25) is 0 Å². The lowest BCUT2D eigenvalue weighted by atomic mass is 10.1. The lowest BCUT2D eigenvalue weighted by Crippen LogP contribution is -2.56. The number of amides is 1. The lowest BCUT2D eigenvalue weighted by molar-refractivity contribution is -0.384. The van der Waals surface area contributed by atoms with Crippen molar-refractivity contribution in [2.24, 2.45) is 0 Å². The predicted molar refractivity (Wildman–Crippen MR) is 71.1 cm³/mol. The fraction of sp³-hybridized carbons (Fsp3) is 0.462. The van der Waals surface area contributed by atoms with Crippen molar-refractivity contribution in [2.45, 2.75) is 25.9 Å². The predicted octanol–water partition coefficient (Wildman–Crippen LogP) is 1.42. The van der Waals surface area contributed by atoms with Crippen LogP contribution in [-0.2, 0) is 0 Å². The Bertz CT molecular complexity index is 486. The first-order chi connectivity index (χ1) is 8.99. The van der Waals surface area contributed by atoms with Crippen molar-refractivity contribution in [3.63, 3.8) is 0 Å². The van der Waals surface area contributed by atoms with Gasteiger partial charge in [0.15, 0.2) is 0 Å². The fourth-order valence-electron chi connectivity index (χ4n) is 2.20. The second-order valence-electron chi connectivity index (χ2n) is 4.92. The molecular weight excluding hydrogens is 246 g/mol. The van der Waals surface area contributed by atoms with Gasteiger partial charge in [-0.05, 0) is 26.0 Å². The van der Waals surface area contributed by atoms with Gasteiger partial charge in [0.25, 0.3) is 11.6 Å². The molecule has 0 radical (unpaired) electrons. The summed E-state index contributed by atoms with van der Waals surface area (Å²) in [6.07, 6.45) is 0. The Morgan fingerprint density at radius 2 is 2.00 bits per heavy atom. The first kappa shape index (κ1) is 13.5. The minimum absolute atomic E-state index is 0.00160. The van der Waals surface area contributed by atoms with E-state index in [4.69, 9.17) is 0 Å². The highest BCUT2D eigenvalue weighted by atomic mass is 16.6. The first-order valence-electron chi connectivity index (χ1n) is 6.28. The molecule has 1 aromatic carbocycles. The normalized spacial score (nSPS) is 23.2. The number of hydrogen-bond donors (Lipinski definition) is 1. The summed E-state index contributed by atoms with van der Waals surface area (Å²) in [4.78, 5) is 24.3. The monoisotopic (exact) mass is 263 g/mol. The third kappa shape index (κ3) is 2.90. The van der Waals surface area contributed by atoms with Crippen molar-refractivity contribution in [1.29, 1.82) is 0 Å². The zero-order chi connectivity index (χ0) is 14.0. The molecule has 0 bridgehead atoms. The maximum Gasteiger partial charge on any atom is 0.269 e. The SMILES string of the molecule is C[C@H]1CN(C(=O)c2ccc([N+](=O)[O-])cc2)[C@@H](C)CN1. The fourth-order valence-corrected chi connectivity index (χ4v) is 2.20. The lowest BCUT2D eigenvalue weighted by Gasteiger charge is -2.37. The Balaban J connectivity index is 2.16. The zero-order valence-corrected chi connectivity index (χ0v) is 11.0. The van der Waals surface area contributed by atoms with E-state index in [-0.39, 0.29) is 23.7 Å². The van der Waals surface area contributed by atoms with Crippen molar-refractivity contribution in [3.8, 4) is 0 Å². The number of non-ortho nitro benzene ring substituents is 1. The molecule has 1 fully saturated rings. The highest BCUT2D eigenvalue weighted by molar-refractivity contribution is 5.94. The average Bonchev–Trinajstić information content (AvgIpc) is 2.41. The van der Waals surface area contributed by atoms with Gasteiger partial charge in [0.05, 0.1) is 4.92 Å². The van der Waals surface area contributed by atoms with E-state index in [1.165, 1.54) is 24.3 Å². The summed E-state index contributed by atoms with van der Waals surface area (Å²) >= 11 is 0. The smallest absolute Gasteiger partial charge is 0.269 e. The van der Waals surface area contributed by atoms with Crippen LogP contribution in [0.2, 0.25) is 0 Å². The van der Waals surface area contributed by atoms with Gasteiger partial charge in [-0.3, -0.25) is 14.9 Å². The highest BCUT2D eigenvalue weighted by Gasteiger charge is 2.27. The summed E-state index contributed by atoms with van der Waals surface area (Å²) in [5.74, 6) is -0.0734. The summed E-state index contributed by atoms with van der Waals surface area (Å²) in [5.41, 5.74) is 0.491. The van der Waals surface area contributed by atoms with E-state index in [0.29, 0.717) is 12.1 Å². The number of nitro groups is 1. The average molecular weight is 263 g/mol. The molecule has 6 nitrogen and oxygen atoms in total. The maximum absolute atomic E-state index is 12.4. The number of rotatable bonds is 2. The maximum atomic E-state index is 12.4. The van der Waals surface area contributed by atoms with Crippen LogP contribution in [0.3, 0.4) is 0 Å². The first-order valence-corrected chi connectivity index (χ1v) is 6.28. The summed E-state index contributed by atoms with van der Waals surface area (Å²) < 4.78 is 0. The van der Waals surface area contributed by atoms with Gasteiger partial charge >= 0.3 is 0 Å². The van der Waals surface area contributed by atoms with Crippen LogP contribution in [0.4, 0.5) is 5.69 Å². The Hall–Kier alpha value is -1.95. The quantitative estimate of drug-likeness (QED) is 0.646. The van der Waals surface area contributed by atoms with Crippen LogP contribution in [0.25, 0.3) is 0 Å². The second kappa shape index (κ2) is 5.36. The van der Waals surface area contributed by atoms with Gasteiger partial charge in [0.1, 0.15) is 0 Å². The number of hydrogen-bond acceptors (Lipinski definition) is 4. The van der Waals surface area contributed by atoms with Crippen molar-refractivity contribution in [2.75, 3.05) is 13.1 Å². The van der Waals surface area contributed by atoms with E-state index in [0.717, 1.165) is 6.54 Å². The van der Waals surface area contributed by atoms with Crippen molar-refractivity contribution in [3.05, 3.63) is 39.9 Å². The van der Waals surface area contributed by atoms with Gasteiger partial charge in [-0.2, -0.15) is 0 Å². The third-order valence-electron chi connectivity index (χ3n) is 3.35. The second-order valence-corrected chi connectivity index (χ2v) is 4.92. The molecular formula is C13H17N3O3. The molecule has 6 heteroatoms. The van der Waals surface area contributed by atoms with Crippen LogP contribution in [0.5, 0.6) is 0 Å². The molecule has 2 rings (SSSR count). The molecule has 1 saturated heterocycles. The minimum Gasteiger partial charge on any atom is -0.333 e. The molecule has 0 saturated carbocycles. The number of piperazine rings is 1. The number of nitrogens with zero attached hydrogens (tertiary/aromatic N) is 2. The third-order valence-corrected chi connectivity index (χ3v) is 3.35. The van der Waals surface area contributed by atoms with Gasteiger partial charge in [-0.15, -0.1) is 0 Å². The van der Waals surface area contributed by atoms with Crippen molar-refractivity contribution >= 4 is 11.6 Å². The Kier molecular flexibility index (Phi) is 3.80. The van der Waals surface area contributed by atoms with E-state index in [1.54, 1.807) is 0 Å². The molecule has 1 aliphatic heterocycles. The number of nitrogens with one attached hydrogen (secondary N) is 1. The summed E-state index contributed by atoms with van der Waals surface area (Å²) in [7, 11) is 0. The van der Waals surface area contributed by atoms with Gasteiger partial charge < -0.3 is 10.2 Å². The molecule has 1 aromatic rings. The summed E-state index contributed by atoms with van der Waals surface area (Å²) in [5, 5.41) is 13.9. The molecule has 0 aromatic heterocycles. The van der Waals surface area contributed by atoms with Gasteiger partial charge in [-0.25, -0.2) is 0 Å². The Morgan fingerprint density at radius 1 is 1.37 bits per heavy atom. The number of nitro benzene ring substituents is 1. The van der Waals surface area contributed by atoms with Crippen molar-refractivity contribution in [1.82, 2.24) is 10.2 Å². The highest BCUT2D eigenvalue weighted by Crippen LogP contribution is 2.16. The van der Waals surface area contributed by atoms with Crippen LogP contribution >= 0.6 is 0 Å². The Labute approximate surface area is 111 Å². The standard InChI is InChI=1S/C13H17N3O3/c1-9-8-15(10(2)7-14-9)13(17)11-3-5-12(6-4-11)16(18)19/h3-6,9-10,14H,7-8H2,1-2H3/t9-,10-/m0/s1. The summed E-state index contributed by atoms with van der Waals surface area (Å²) in [6.45, 7) is 5.43. The molecule has 2 atom stereocenters. The molecule has 1 heterocycles. The van der Waals surface area contributed by atoms with Crippen LogP contribution in [0, 0.1) is 10.1 Å². The van der Waals surface area contributed by atoms with E-state index in [2.05, 4.69) is 5.32 Å². The molecule has 0 aliphatic carbocycles. The van der Waals surface area contributed by atoms with E-state index in [1.807, 2.05) is 18.7 Å². The molecule has 0 spiro atoms. The van der Waals surface area contributed by atoms with Crippen LogP contribution in [-0.4, -0.2) is 40.9 Å². The molecule has 1 aliphatic rings. The number of carbonyl (C=O) groups excluding carboxylic acids is 1. The molecule has 1 amide bonds. The van der Waals surface area contributed by atoms with Crippen LogP contribution in [0.1, 0.15) is 24.2 Å². The topological polar surface area (TPSA) is 75.5 Å². The van der Waals surface area contributed by atoms with E-state index < -0.39 is 4.92 Å². The van der Waals surface area contributed by atoms with Gasteiger partial charge in [-0.1, -0.05) is 0 Å². The van der Waals surface area contributed by atoms with Gasteiger partial charge in [0, 0.05) is 42.9 Å². The van der Waals surface area contributed by atoms with E-state index in [9.17, 15) is 14.9 Å². The number of carbonyl (C=O) groups is 1. The van der Waals surface area contributed by atoms with Crippen LogP contribution < -0.4 is 5.32 Å². The van der Waals surface area contributed by atoms with Crippen LogP contribution in [0.15, 0.2) is 24.3 Å². The minimum atomic E-state index is -0.468. The molecule has 0 unspecified atom stereocenters. The Morgan fingerprint density at radius 3 is 2.58 bits per heavy atom. The van der Waals surface area contributed by atoms with E-state index >= 15 is 0 Å². The van der Waals surface area contributed by atoms with Crippen molar-refractivity contribution < 1.29 is 9.72 Å². The zero-order valence-electron chi connectivity index (χ0n) is 11.0. The largest absolute Gasteiger partial charge is 0.333 e. The number of benzene rings is 1. The molecule has 1 N–H and O–H groups in total. The summed E-state index contributed by atoms with van der Waals surface area (Å²) in [6, 6.07) is 6.14. The molecule has 19 heavy (non-hydrogen) atoms. The molecule has 102 valence electrons.